The summed E-state index contributed by atoms with van der Waals surface area (Å²) in [7, 11) is 2.15. The molecule has 0 aliphatic carbocycles. The summed E-state index contributed by atoms with van der Waals surface area (Å²) < 4.78 is 7.56. The molecule has 2 rings (SSSR count). The van der Waals surface area contributed by atoms with E-state index < -0.39 is 0 Å². The van der Waals surface area contributed by atoms with Gasteiger partial charge in [-0.25, -0.2) is 0 Å². The molecule has 114 valence electrons. The zero-order valence-corrected chi connectivity index (χ0v) is 13.0. The minimum Gasteiger partial charge on any atom is -0.381 e. The number of nitrogens with two attached hydrogens (primary N) is 1. The van der Waals surface area contributed by atoms with Gasteiger partial charge in [-0.2, -0.15) is 5.10 Å². The Balaban J connectivity index is 1.98. The molecule has 1 aliphatic heterocycles. The summed E-state index contributed by atoms with van der Waals surface area (Å²) in [6.45, 7) is 7.73. The Morgan fingerprint density at radius 1 is 1.55 bits per heavy atom. The van der Waals surface area contributed by atoms with Gasteiger partial charge in [0.2, 0.25) is 0 Å². The number of hydrogen-bond acceptors (Lipinski definition) is 4. The Labute approximate surface area is 122 Å². The lowest BCUT2D eigenvalue weighted by atomic mass is 10.0. The summed E-state index contributed by atoms with van der Waals surface area (Å²) in [5.74, 6) is 0.628. The summed E-state index contributed by atoms with van der Waals surface area (Å²) >= 11 is 0. The normalized spacial score (nSPS) is 21.6. The van der Waals surface area contributed by atoms with E-state index in [1.165, 1.54) is 18.4 Å². The van der Waals surface area contributed by atoms with Gasteiger partial charge < -0.3 is 10.5 Å². The molecule has 0 radical (unpaired) electrons. The molecule has 0 amide bonds. The van der Waals surface area contributed by atoms with Crippen LogP contribution >= 0.6 is 0 Å². The summed E-state index contributed by atoms with van der Waals surface area (Å²) in [6, 6.07) is 0.628. The molecule has 5 heteroatoms. The van der Waals surface area contributed by atoms with Gasteiger partial charge in [-0.05, 0) is 39.7 Å². The minimum atomic E-state index is 0.240. The maximum atomic E-state index is 5.99. The average molecular weight is 280 g/mol. The molecule has 0 aromatic carbocycles. The average Bonchev–Trinajstić information content (AvgIpc) is 2.90. The standard InChI is InChI=1S/C15H28N4O/c1-12(2)19-10-14(8-17-19)15(7-16)18(3)9-13-5-4-6-20-11-13/h8,10,12-13,15H,4-7,9,11,16H2,1-3H3. The summed E-state index contributed by atoms with van der Waals surface area (Å²) in [5, 5.41) is 4.42. The minimum absolute atomic E-state index is 0.240. The molecule has 1 aromatic heterocycles. The lowest BCUT2D eigenvalue weighted by Gasteiger charge is -2.31. The van der Waals surface area contributed by atoms with Crippen LogP contribution < -0.4 is 5.73 Å². The van der Waals surface area contributed by atoms with Gasteiger partial charge in [0.25, 0.3) is 0 Å². The van der Waals surface area contributed by atoms with E-state index in [0.29, 0.717) is 18.5 Å². The Morgan fingerprint density at radius 3 is 2.90 bits per heavy atom. The van der Waals surface area contributed by atoms with Crippen LogP contribution in [0, 0.1) is 5.92 Å². The van der Waals surface area contributed by atoms with Crippen molar-refractivity contribution < 1.29 is 4.74 Å². The second-order valence-electron chi connectivity index (χ2n) is 6.12. The molecule has 1 fully saturated rings. The van der Waals surface area contributed by atoms with Crippen molar-refractivity contribution in [3.63, 3.8) is 0 Å². The van der Waals surface area contributed by atoms with Crippen LogP contribution in [0.25, 0.3) is 0 Å². The molecular weight excluding hydrogens is 252 g/mol. The quantitative estimate of drug-likeness (QED) is 0.863. The summed E-state index contributed by atoms with van der Waals surface area (Å²) in [6.07, 6.45) is 6.51. The van der Waals surface area contributed by atoms with Crippen molar-refractivity contribution in [2.75, 3.05) is 33.4 Å². The van der Waals surface area contributed by atoms with E-state index in [1.54, 1.807) is 0 Å². The smallest absolute Gasteiger partial charge is 0.0538 e. The topological polar surface area (TPSA) is 56.3 Å². The van der Waals surface area contributed by atoms with Crippen molar-refractivity contribution in [2.45, 2.75) is 38.8 Å². The van der Waals surface area contributed by atoms with Crippen LogP contribution in [0.2, 0.25) is 0 Å². The Kier molecular flexibility index (Phi) is 5.57. The van der Waals surface area contributed by atoms with E-state index in [0.717, 1.165) is 19.8 Å². The van der Waals surface area contributed by atoms with Gasteiger partial charge >= 0.3 is 0 Å². The molecule has 0 saturated carbocycles. The van der Waals surface area contributed by atoms with Gasteiger partial charge in [-0.3, -0.25) is 9.58 Å². The van der Waals surface area contributed by atoms with Crippen LogP contribution in [0.4, 0.5) is 0 Å². The molecule has 2 atom stereocenters. The van der Waals surface area contributed by atoms with Crippen molar-refractivity contribution >= 4 is 0 Å². The first kappa shape index (κ1) is 15.5. The van der Waals surface area contributed by atoms with Crippen molar-refractivity contribution in [2.24, 2.45) is 11.7 Å². The largest absolute Gasteiger partial charge is 0.381 e. The number of ether oxygens (including phenoxy) is 1. The second-order valence-corrected chi connectivity index (χ2v) is 6.12. The van der Waals surface area contributed by atoms with Gasteiger partial charge in [0.05, 0.1) is 12.8 Å². The molecular formula is C15H28N4O. The number of rotatable bonds is 6. The van der Waals surface area contributed by atoms with E-state index in [-0.39, 0.29) is 6.04 Å². The third-order valence-electron chi connectivity index (χ3n) is 4.09. The van der Waals surface area contributed by atoms with Gasteiger partial charge in [0.1, 0.15) is 0 Å². The predicted octanol–water partition coefficient (Wildman–Crippen LogP) is 1.82. The first-order chi connectivity index (χ1) is 9.61. The van der Waals surface area contributed by atoms with E-state index in [9.17, 15) is 0 Å². The third kappa shape index (κ3) is 3.81. The van der Waals surface area contributed by atoms with Crippen LogP contribution in [-0.2, 0) is 4.74 Å². The predicted molar refractivity (Wildman–Crippen MR) is 80.6 cm³/mol. The number of hydrogen-bond donors (Lipinski definition) is 1. The van der Waals surface area contributed by atoms with Gasteiger partial charge in [-0.15, -0.1) is 0 Å². The molecule has 0 spiro atoms. The van der Waals surface area contributed by atoms with Crippen molar-refractivity contribution in [1.82, 2.24) is 14.7 Å². The third-order valence-corrected chi connectivity index (χ3v) is 4.09. The van der Waals surface area contributed by atoms with Crippen molar-refractivity contribution in [3.8, 4) is 0 Å². The summed E-state index contributed by atoms with van der Waals surface area (Å²) in [4.78, 5) is 2.35. The van der Waals surface area contributed by atoms with Crippen LogP contribution in [0.15, 0.2) is 12.4 Å². The lowest BCUT2D eigenvalue weighted by Crippen LogP contribution is -2.36. The SMILES string of the molecule is CC(C)n1cc(C(CN)N(C)CC2CCCOC2)cn1. The maximum Gasteiger partial charge on any atom is 0.0538 e. The molecule has 1 aliphatic rings. The van der Waals surface area contributed by atoms with E-state index >= 15 is 0 Å². The number of likely N-dealkylation sites (N-methyl/N-ethyl adjacent to an activating group) is 1. The van der Waals surface area contributed by atoms with Crippen LogP contribution in [0.3, 0.4) is 0 Å². The fourth-order valence-electron chi connectivity index (χ4n) is 2.86. The number of nitrogens with zero attached hydrogens (tertiary/aromatic N) is 3. The maximum absolute atomic E-state index is 5.99. The fraction of sp³-hybridized carbons (Fsp3) is 0.800. The highest BCUT2D eigenvalue weighted by atomic mass is 16.5. The first-order valence-electron chi connectivity index (χ1n) is 7.64. The van der Waals surface area contributed by atoms with Crippen molar-refractivity contribution in [3.05, 3.63) is 18.0 Å². The van der Waals surface area contributed by atoms with E-state index in [1.807, 2.05) is 10.9 Å². The van der Waals surface area contributed by atoms with Crippen LogP contribution in [-0.4, -0.2) is 48.0 Å². The molecule has 1 saturated heterocycles. The molecule has 2 heterocycles. The van der Waals surface area contributed by atoms with E-state index in [4.69, 9.17) is 10.5 Å². The summed E-state index contributed by atoms with van der Waals surface area (Å²) in [5.41, 5.74) is 7.19. The molecule has 2 unspecified atom stereocenters. The van der Waals surface area contributed by atoms with E-state index in [2.05, 4.69) is 37.1 Å². The lowest BCUT2D eigenvalue weighted by molar-refractivity contribution is 0.0365. The van der Waals surface area contributed by atoms with Crippen molar-refractivity contribution in [1.29, 1.82) is 0 Å². The molecule has 0 bridgehead atoms. The van der Waals surface area contributed by atoms with Crippen LogP contribution in [0.5, 0.6) is 0 Å². The Hall–Kier alpha value is -0.910. The molecule has 20 heavy (non-hydrogen) atoms. The zero-order chi connectivity index (χ0) is 14.5. The highest BCUT2D eigenvalue weighted by Gasteiger charge is 2.22. The van der Waals surface area contributed by atoms with Gasteiger partial charge in [-0.1, -0.05) is 0 Å². The zero-order valence-electron chi connectivity index (χ0n) is 13.0. The first-order valence-corrected chi connectivity index (χ1v) is 7.64. The highest BCUT2D eigenvalue weighted by Crippen LogP contribution is 2.22. The second kappa shape index (κ2) is 7.20. The molecule has 2 N–H and O–H groups in total. The van der Waals surface area contributed by atoms with Gasteiger partial charge in [0, 0.05) is 43.5 Å². The highest BCUT2D eigenvalue weighted by molar-refractivity contribution is 5.11. The van der Waals surface area contributed by atoms with Crippen LogP contribution in [0.1, 0.15) is 44.3 Å². The fourth-order valence-corrected chi connectivity index (χ4v) is 2.86. The molecule has 1 aromatic rings. The molecule has 5 nitrogen and oxygen atoms in total. The number of aromatic nitrogens is 2. The monoisotopic (exact) mass is 280 g/mol. The Morgan fingerprint density at radius 2 is 2.35 bits per heavy atom. The Bertz CT molecular complexity index is 398. The van der Waals surface area contributed by atoms with Gasteiger partial charge in [0.15, 0.2) is 0 Å².